The van der Waals surface area contributed by atoms with Crippen LogP contribution >= 0.6 is 0 Å². The number of carbonyl (C=O) groups excluding carboxylic acids is 1. The highest BCUT2D eigenvalue weighted by atomic mass is 32.2. The Morgan fingerprint density at radius 1 is 0.969 bits per heavy atom. The molecule has 0 aliphatic rings. The minimum absolute atomic E-state index is 0.0714. The van der Waals surface area contributed by atoms with Gasteiger partial charge in [0.05, 0.1) is 23.3 Å². The molecular weight excluding hydrogens is 445 g/mol. The number of methoxy groups -OCH3 is 1. The lowest BCUT2D eigenvalue weighted by Gasteiger charge is -2.12. The number of carbonyl (C=O) groups is 1. The molecular formula is C22H19F3N2O4S. The number of sulfonamides is 1. The standard InChI is InChI=1S/C22H19F3N2O4S/c1-31-20-8-3-2-7-19(20)27-32(29,30)18-11-9-16(10-12-18)21(28)26-14-15-5-4-6-17(13-15)22(23,24)25/h2-13,27H,14H2,1H3,(H,26,28). The Balaban J connectivity index is 1.68. The van der Waals surface area contributed by atoms with Crippen LogP contribution in [0.5, 0.6) is 5.75 Å². The van der Waals surface area contributed by atoms with Gasteiger partial charge in [0.15, 0.2) is 0 Å². The number of ether oxygens (including phenoxy) is 1. The maximum Gasteiger partial charge on any atom is 0.416 e. The molecule has 0 radical (unpaired) electrons. The van der Waals surface area contributed by atoms with E-state index in [9.17, 15) is 26.4 Å². The van der Waals surface area contributed by atoms with Gasteiger partial charge >= 0.3 is 6.18 Å². The minimum Gasteiger partial charge on any atom is -0.495 e. The van der Waals surface area contributed by atoms with Gasteiger partial charge in [-0.3, -0.25) is 9.52 Å². The SMILES string of the molecule is COc1ccccc1NS(=O)(=O)c1ccc(C(=O)NCc2cccc(C(F)(F)F)c2)cc1. The molecule has 0 bridgehead atoms. The second-order valence-corrected chi connectivity index (χ2v) is 8.39. The third kappa shape index (κ3) is 5.58. The van der Waals surface area contributed by atoms with Crippen LogP contribution in [0, 0.1) is 0 Å². The summed E-state index contributed by atoms with van der Waals surface area (Å²) in [6, 6.07) is 16.3. The Hall–Kier alpha value is -3.53. The predicted octanol–water partition coefficient (Wildman–Crippen LogP) is 4.44. The third-order valence-corrected chi connectivity index (χ3v) is 5.87. The Bertz CT molecular complexity index is 1210. The van der Waals surface area contributed by atoms with Gasteiger partial charge in [-0.05, 0) is 54.1 Å². The van der Waals surface area contributed by atoms with E-state index >= 15 is 0 Å². The van der Waals surface area contributed by atoms with Gasteiger partial charge in [-0.1, -0.05) is 24.3 Å². The molecule has 2 N–H and O–H groups in total. The van der Waals surface area contributed by atoms with Crippen LogP contribution in [0.4, 0.5) is 18.9 Å². The summed E-state index contributed by atoms with van der Waals surface area (Å²) in [5.74, 6) is -0.203. The van der Waals surface area contributed by atoms with Crippen molar-refractivity contribution in [3.05, 3.63) is 89.5 Å². The molecule has 6 nitrogen and oxygen atoms in total. The van der Waals surface area contributed by atoms with Gasteiger partial charge in [0.1, 0.15) is 5.75 Å². The number of hydrogen-bond acceptors (Lipinski definition) is 4. The quantitative estimate of drug-likeness (QED) is 0.541. The van der Waals surface area contributed by atoms with Crippen LogP contribution in [-0.2, 0) is 22.7 Å². The highest BCUT2D eigenvalue weighted by molar-refractivity contribution is 7.92. The van der Waals surface area contributed by atoms with Crippen LogP contribution in [0.2, 0.25) is 0 Å². The smallest absolute Gasteiger partial charge is 0.416 e. The second-order valence-electron chi connectivity index (χ2n) is 6.71. The molecule has 0 unspecified atom stereocenters. The zero-order valence-corrected chi connectivity index (χ0v) is 17.6. The molecule has 0 fully saturated rings. The van der Waals surface area contributed by atoms with Crippen LogP contribution in [0.25, 0.3) is 0 Å². The maximum absolute atomic E-state index is 12.8. The Morgan fingerprint density at radius 2 is 1.66 bits per heavy atom. The number of nitrogens with one attached hydrogen (secondary N) is 2. The van der Waals surface area contributed by atoms with Crippen molar-refractivity contribution in [1.29, 1.82) is 0 Å². The Morgan fingerprint density at radius 3 is 2.31 bits per heavy atom. The van der Waals surface area contributed by atoms with Gasteiger partial charge in [-0.15, -0.1) is 0 Å². The zero-order chi connectivity index (χ0) is 23.4. The van der Waals surface area contributed by atoms with Crippen molar-refractivity contribution in [2.45, 2.75) is 17.6 Å². The molecule has 168 valence electrons. The molecule has 0 saturated heterocycles. The molecule has 3 aromatic rings. The van der Waals surface area contributed by atoms with Crippen LogP contribution < -0.4 is 14.8 Å². The van der Waals surface area contributed by atoms with Crippen molar-refractivity contribution in [1.82, 2.24) is 5.32 Å². The first kappa shape index (κ1) is 23.1. The van der Waals surface area contributed by atoms with Gasteiger partial charge in [-0.2, -0.15) is 13.2 Å². The van der Waals surface area contributed by atoms with E-state index in [0.717, 1.165) is 12.1 Å². The van der Waals surface area contributed by atoms with Gasteiger partial charge < -0.3 is 10.1 Å². The second kappa shape index (κ2) is 9.31. The minimum atomic E-state index is -4.47. The number of alkyl halides is 3. The fourth-order valence-electron chi connectivity index (χ4n) is 2.86. The van der Waals surface area contributed by atoms with Crippen LogP contribution in [-0.4, -0.2) is 21.4 Å². The van der Waals surface area contributed by atoms with E-state index < -0.39 is 27.7 Å². The van der Waals surface area contributed by atoms with Gasteiger partial charge in [-0.25, -0.2) is 8.42 Å². The Labute approximate surface area is 183 Å². The van der Waals surface area contributed by atoms with Crippen molar-refractivity contribution < 1.29 is 31.1 Å². The van der Waals surface area contributed by atoms with E-state index in [1.807, 2.05) is 0 Å². The summed E-state index contributed by atoms with van der Waals surface area (Å²) in [4.78, 5) is 12.2. The van der Waals surface area contributed by atoms with E-state index in [4.69, 9.17) is 4.74 Å². The first-order valence-corrected chi connectivity index (χ1v) is 10.8. The van der Waals surface area contributed by atoms with Crippen molar-refractivity contribution in [2.24, 2.45) is 0 Å². The number of amides is 1. The van der Waals surface area contributed by atoms with Crippen molar-refractivity contribution in [2.75, 3.05) is 11.8 Å². The van der Waals surface area contributed by atoms with Crippen LogP contribution in [0.1, 0.15) is 21.5 Å². The summed E-state index contributed by atoms with van der Waals surface area (Å²) in [7, 11) is -2.51. The molecule has 0 aliphatic heterocycles. The summed E-state index contributed by atoms with van der Waals surface area (Å²) in [6.07, 6.45) is -4.47. The molecule has 0 saturated carbocycles. The van der Waals surface area contributed by atoms with Crippen LogP contribution in [0.3, 0.4) is 0 Å². The summed E-state index contributed by atoms with van der Waals surface area (Å²) in [5.41, 5.74) is -0.0964. The van der Waals surface area contributed by atoms with Gasteiger partial charge in [0, 0.05) is 12.1 Å². The molecule has 0 atom stereocenters. The number of para-hydroxylation sites is 2. The molecule has 10 heteroatoms. The van der Waals surface area contributed by atoms with Crippen molar-refractivity contribution >= 4 is 21.6 Å². The van der Waals surface area contributed by atoms with E-state index in [-0.39, 0.29) is 28.3 Å². The lowest BCUT2D eigenvalue weighted by molar-refractivity contribution is -0.137. The third-order valence-electron chi connectivity index (χ3n) is 4.49. The van der Waals surface area contributed by atoms with Gasteiger partial charge in [0.2, 0.25) is 0 Å². The van der Waals surface area contributed by atoms with Crippen LogP contribution in [0.15, 0.2) is 77.7 Å². The predicted molar refractivity (Wildman–Crippen MR) is 113 cm³/mol. The fraction of sp³-hybridized carbons (Fsp3) is 0.136. The fourth-order valence-corrected chi connectivity index (χ4v) is 3.93. The van der Waals surface area contributed by atoms with E-state index in [1.165, 1.54) is 43.5 Å². The average molecular weight is 464 g/mol. The summed E-state index contributed by atoms with van der Waals surface area (Å²) in [5, 5.41) is 2.52. The number of halogens is 3. The topological polar surface area (TPSA) is 84.5 Å². The van der Waals surface area contributed by atoms with E-state index in [1.54, 1.807) is 24.3 Å². The van der Waals surface area contributed by atoms with E-state index in [0.29, 0.717) is 5.75 Å². The highest BCUT2D eigenvalue weighted by Gasteiger charge is 2.30. The molecule has 32 heavy (non-hydrogen) atoms. The summed E-state index contributed by atoms with van der Waals surface area (Å²) < 4.78 is 71.2. The van der Waals surface area contributed by atoms with E-state index in [2.05, 4.69) is 10.0 Å². The molecule has 0 aromatic heterocycles. The maximum atomic E-state index is 12.8. The first-order chi connectivity index (χ1) is 15.1. The number of hydrogen-bond donors (Lipinski definition) is 2. The average Bonchev–Trinajstić information content (AvgIpc) is 2.77. The Kier molecular flexibility index (Phi) is 6.73. The summed E-state index contributed by atoms with van der Waals surface area (Å²) >= 11 is 0. The molecule has 0 aliphatic carbocycles. The first-order valence-electron chi connectivity index (χ1n) is 9.30. The number of rotatable bonds is 7. The number of benzene rings is 3. The number of anilines is 1. The summed E-state index contributed by atoms with van der Waals surface area (Å²) in [6.45, 7) is -0.113. The van der Waals surface area contributed by atoms with Crippen molar-refractivity contribution in [3.8, 4) is 5.75 Å². The molecule has 0 spiro atoms. The normalized spacial score (nSPS) is 11.6. The molecule has 3 aromatic carbocycles. The highest BCUT2D eigenvalue weighted by Crippen LogP contribution is 2.29. The molecule has 0 heterocycles. The largest absolute Gasteiger partial charge is 0.495 e. The molecule has 3 rings (SSSR count). The lowest BCUT2D eigenvalue weighted by Crippen LogP contribution is -2.23. The van der Waals surface area contributed by atoms with Crippen molar-refractivity contribution in [3.63, 3.8) is 0 Å². The monoisotopic (exact) mass is 464 g/mol. The lowest BCUT2D eigenvalue weighted by atomic mass is 10.1. The van der Waals surface area contributed by atoms with Gasteiger partial charge in [0.25, 0.3) is 15.9 Å². The molecule has 1 amide bonds. The zero-order valence-electron chi connectivity index (χ0n) is 16.8.